The molecule has 3 aromatic rings. The third-order valence-corrected chi connectivity index (χ3v) is 5.63. The zero-order valence-corrected chi connectivity index (χ0v) is 18.6. The minimum absolute atomic E-state index is 0.0705. The maximum atomic E-state index is 11.5. The van der Waals surface area contributed by atoms with Gasteiger partial charge < -0.3 is 9.80 Å². The van der Waals surface area contributed by atoms with E-state index < -0.39 is 0 Å². The van der Waals surface area contributed by atoms with Crippen molar-refractivity contribution >= 4 is 33.0 Å². The number of hydrogen-bond donors (Lipinski definition) is 0. The number of benzene rings is 3. The molecule has 0 saturated heterocycles. The quantitative estimate of drug-likeness (QED) is 0.274. The van der Waals surface area contributed by atoms with Gasteiger partial charge in [-0.05, 0) is 63.0 Å². The van der Waals surface area contributed by atoms with Crippen molar-refractivity contribution in [1.82, 2.24) is 0 Å². The second kappa shape index (κ2) is 8.66. The fourth-order valence-corrected chi connectivity index (χ4v) is 3.77. The van der Waals surface area contributed by atoms with Crippen molar-refractivity contribution in [2.24, 2.45) is 0 Å². The Morgan fingerprint density at radius 3 is 1.97 bits per heavy atom. The molecule has 0 fully saturated rings. The first kappa shape index (κ1) is 20.9. The van der Waals surface area contributed by atoms with Crippen LogP contribution >= 0.6 is 15.9 Å². The second-order valence-corrected chi connectivity index (χ2v) is 8.23. The molecule has 0 spiro atoms. The minimum atomic E-state index is -0.351. The molecule has 29 heavy (non-hydrogen) atoms. The van der Waals surface area contributed by atoms with E-state index in [1.807, 2.05) is 40.3 Å². The summed E-state index contributed by atoms with van der Waals surface area (Å²) >= 11 is 3.29. The normalized spacial score (nSPS) is 11.8. The van der Waals surface area contributed by atoms with E-state index in [-0.39, 0.29) is 16.5 Å². The van der Waals surface area contributed by atoms with Crippen molar-refractivity contribution in [1.29, 1.82) is 0 Å². The maximum absolute atomic E-state index is 11.5. The number of nitro benzene ring substituents is 1. The first-order chi connectivity index (χ1) is 13.8. The molecule has 1 atom stereocenters. The first-order valence-corrected chi connectivity index (χ1v) is 10.1. The summed E-state index contributed by atoms with van der Waals surface area (Å²) in [6.07, 6.45) is 0. The van der Waals surface area contributed by atoms with Crippen molar-refractivity contribution in [2.45, 2.75) is 5.92 Å². The molecule has 3 rings (SSSR count). The SMILES string of the molecule is CN(C)c1ccc(C(c2cccc(N(C)C)c2)c2ccc(Br)c([N+](=O)[O-])c2)cc1. The molecule has 0 bridgehead atoms. The fourth-order valence-electron chi connectivity index (χ4n) is 3.37. The van der Waals surface area contributed by atoms with Crippen LogP contribution < -0.4 is 9.80 Å². The Morgan fingerprint density at radius 1 is 0.793 bits per heavy atom. The lowest BCUT2D eigenvalue weighted by atomic mass is 9.84. The van der Waals surface area contributed by atoms with Crippen molar-refractivity contribution in [3.63, 3.8) is 0 Å². The first-order valence-electron chi connectivity index (χ1n) is 9.26. The predicted molar refractivity (Wildman–Crippen MR) is 123 cm³/mol. The van der Waals surface area contributed by atoms with Crippen molar-refractivity contribution in [3.8, 4) is 0 Å². The zero-order chi connectivity index (χ0) is 21.1. The van der Waals surface area contributed by atoms with E-state index in [4.69, 9.17) is 0 Å². The summed E-state index contributed by atoms with van der Waals surface area (Å²) in [7, 11) is 8.02. The van der Waals surface area contributed by atoms with Crippen LogP contribution in [0, 0.1) is 10.1 Å². The average molecular weight is 454 g/mol. The predicted octanol–water partition coefficient (Wildman–Crippen LogP) is 5.67. The molecule has 0 aliphatic carbocycles. The maximum Gasteiger partial charge on any atom is 0.283 e. The Kier molecular flexibility index (Phi) is 6.23. The van der Waals surface area contributed by atoms with E-state index in [0.717, 1.165) is 28.1 Å². The summed E-state index contributed by atoms with van der Waals surface area (Å²) in [4.78, 5) is 15.3. The highest BCUT2D eigenvalue weighted by molar-refractivity contribution is 9.10. The van der Waals surface area contributed by atoms with Crippen molar-refractivity contribution < 1.29 is 4.92 Å². The number of halogens is 1. The van der Waals surface area contributed by atoms with Crippen molar-refractivity contribution in [3.05, 3.63) is 98.0 Å². The van der Waals surface area contributed by atoms with Crippen LogP contribution in [0.2, 0.25) is 0 Å². The van der Waals surface area contributed by atoms with E-state index in [1.165, 1.54) is 0 Å². The van der Waals surface area contributed by atoms with Crippen LogP contribution in [-0.2, 0) is 0 Å². The van der Waals surface area contributed by atoms with Crippen LogP contribution in [-0.4, -0.2) is 33.1 Å². The Bertz CT molecular complexity index is 1020. The van der Waals surface area contributed by atoms with Gasteiger partial charge in [0.25, 0.3) is 5.69 Å². The Labute approximate surface area is 179 Å². The van der Waals surface area contributed by atoms with Gasteiger partial charge in [-0.1, -0.05) is 30.3 Å². The molecule has 0 aromatic heterocycles. The van der Waals surface area contributed by atoms with E-state index in [0.29, 0.717) is 4.47 Å². The van der Waals surface area contributed by atoms with Gasteiger partial charge in [0, 0.05) is 51.5 Å². The van der Waals surface area contributed by atoms with E-state index in [9.17, 15) is 10.1 Å². The standard InChI is InChI=1S/C23H24BrN3O2/c1-25(2)19-11-8-16(9-12-19)23(17-6-5-7-20(14-17)26(3)4)18-10-13-21(24)22(15-18)27(28)29/h5-15,23H,1-4H3. The lowest BCUT2D eigenvalue weighted by Crippen LogP contribution is -2.11. The minimum Gasteiger partial charge on any atom is -0.378 e. The van der Waals surface area contributed by atoms with Gasteiger partial charge in [0.05, 0.1) is 9.40 Å². The van der Waals surface area contributed by atoms with Crippen LogP contribution in [0.4, 0.5) is 17.1 Å². The Morgan fingerprint density at radius 2 is 1.38 bits per heavy atom. The molecular formula is C23H24BrN3O2. The van der Waals surface area contributed by atoms with E-state index in [2.05, 4.69) is 68.2 Å². The van der Waals surface area contributed by atoms with Gasteiger partial charge in [0.1, 0.15) is 0 Å². The molecular weight excluding hydrogens is 430 g/mol. The summed E-state index contributed by atoms with van der Waals surface area (Å²) in [5.74, 6) is -0.113. The molecule has 3 aromatic carbocycles. The lowest BCUT2D eigenvalue weighted by Gasteiger charge is -2.22. The molecule has 150 valence electrons. The Balaban J connectivity index is 2.18. The largest absolute Gasteiger partial charge is 0.378 e. The third-order valence-electron chi connectivity index (χ3n) is 4.96. The van der Waals surface area contributed by atoms with Crippen LogP contribution in [0.1, 0.15) is 22.6 Å². The number of hydrogen-bond acceptors (Lipinski definition) is 4. The number of anilines is 2. The molecule has 0 amide bonds. The van der Waals surface area contributed by atoms with Crippen LogP contribution in [0.25, 0.3) is 0 Å². The average Bonchev–Trinajstić information content (AvgIpc) is 2.70. The van der Waals surface area contributed by atoms with Gasteiger partial charge in [-0.2, -0.15) is 0 Å². The van der Waals surface area contributed by atoms with Gasteiger partial charge in [0.2, 0.25) is 0 Å². The smallest absolute Gasteiger partial charge is 0.283 e. The van der Waals surface area contributed by atoms with E-state index >= 15 is 0 Å². The van der Waals surface area contributed by atoms with Crippen LogP contribution in [0.5, 0.6) is 0 Å². The summed E-state index contributed by atoms with van der Waals surface area (Å²) in [5.41, 5.74) is 5.32. The van der Waals surface area contributed by atoms with Crippen LogP contribution in [0.3, 0.4) is 0 Å². The highest BCUT2D eigenvalue weighted by atomic mass is 79.9. The summed E-state index contributed by atoms with van der Waals surface area (Å²) in [6.45, 7) is 0. The molecule has 0 N–H and O–H groups in total. The lowest BCUT2D eigenvalue weighted by molar-refractivity contribution is -0.385. The molecule has 0 saturated carbocycles. The monoisotopic (exact) mass is 453 g/mol. The number of nitro groups is 1. The number of nitrogens with zero attached hydrogens (tertiary/aromatic N) is 3. The molecule has 6 heteroatoms. The van der Waals surface area contributed by atoms with Crippen LogP contribution in [0.15, 0.2) is 71.2 Å². The molecule has 0 aliphatic rings. The van der Waals surface area contributed by atoms with Gasteiger partial charge in [-0.15, -0.1) is 0 Å². The van der Waals surface area contributed by atoms with Gasteiger partial charge in [-0.25, -0.2) is 0 Å². The van der Waals surface area contributed by atoms with E-state index in [1.54, 1.807) is 12.1 Å². The summed E-state index contributed by atoms with van der Waals surface area (Å²) in [5, 5.41) is 11.5. The Hall–Kier alpha value is -2.86. The topological polar surface area (TPSA) is 49.6 Å². The molecule has 0 aliphatic heterocycles. The van der Waals surface area contributed by atoms with Gasteiger partial charge in [-0.3, -0.25) is 10.1 Å². The second-order valence-electron chi connectivity index (χ2n) is 7.38. The fraction of sp³-hybridized carbons (Fsp3) is 0.217. The third kappa shape index (κ3) is 4.59. The summed E-state index contributed by atoms with van der Waals surface area (Å²) < 4.78 is 0.481. The molecule has 1 unspecified atom stereocenters. The molecule has 5 nitrogen and oxygen atoms in total. The van der Waals surface area contributed by atoms with Gasteiger partial charge in [0.15, 0.2) is 0 Å². The molecule has 0 radical (unpaired) electrons. The highest BCUT2D eigenvalue weighted by Crippen LogP contribution is 2.37. The van der Waals surface area contributed by atoms with Crippen molar-refractivity contribution in [2.75, 3.05) is 38.0 Å². The molecule has 0 heterocycles. The summed E-state index contributed by atoms with van der Waals surface area (Å²) in [6, 6.07) is 22.0. The zero-order valence-electron chi connectivity index (χ0n) is 17.0. The van der Waals surface area contributed by atoms with Gasteiger partial charge >= 0.3 is 0 Å². The highest BCUT2D eigenvalue weighted by Gasteiger charge is 2.22. The number of rotatable bonds is 6.